The minimum absolute atomic E-state index is 0.0127. The van der Waals surface area contributed by atoms with Crippen LogP contribution >= 0.6 is 0 Å². The zero-order chi connectivity index (χ0) is 22.7. The van der Waals surface area contributed by atoms with Crippen LogP contribution in [-0.4, -0.2) is 47.2 Å². The van der Waals surface area contributed by atoms with Crippen LogP contribution < -0.4 is 4.74 Å². The highest BCUT2D eigenvalue weighted by atomic mass is 19.1. The van der Waals surface area contributed by atoms with Gasteiger partial charge in [-0.05, 0) is 54.8 Å². The van der Waals surface area contributed by atoms with Crippen molar-refractivity contribution in [1.29, 1.82) is 0 Å². The second kappa shape index (κ2) is 9.32. The highest BCUT2D eigenvalue weighted by Crippen LogP contribution is 2.36. The van der Waals surface area contributed by atoms with Crippen LogP contribution in [0.4, 0.5) is 4.39 Å². The Morgan fingerprint density at radius 2 is 2.03 bits per heavy atom. The second-order valence-electron chi connectivity index (χ2n) is 8.92. The number of rotatable bonds is 5. The predicted molar refractivity (Wildman–Crippen MR) is 123 cm³/mol. The molecule has 6 heteroatoms. The van der Waals surface area contributed by atoms with Crippen LogP contribution in [0.25, 0.3) is 0 Å². The summed E-state index contributed by atoms with van der Waals surface area (Å²) in [6, 6.07) is 19.8. The normalized spacial score (nSPS) is 22.5. The number of pyridine rings is 1. The van der Waals surface area contributed by atoms with E-state index >= 15 is 0 Å². The van der Waals surface area contributed by atoms with Crippen LogP contribution in [0.3, 0.4) is 0 Å². The Labute approximate surface area is 193 Å². The number of amides is 1. The summed E-state index contributed by atoms with van der Waals surface area (Å²) < 4.78 is 25.8. The van der Waals surface area contributed by atoms with Gasteiger partial charge in [0.1, 0.15) is 17.7 Å². The first-order chi connectivity index (χ1) is 16.1. The molecule has 170 valence electrons. The zero-order valence-electron chi connectivity index (χ0n) is 18.5. The molecule has 2 atom stereocenters. The molecule has 3 heterocycles. The standard InChI is InChI=1S/C27H27FN2O3/c28-22-7-4-6-20(14-22)15-23-16-21(10-12-29-23)26(31)30-13-5-11-27(19-30)17-25(18-32-27)33-24-8-2-1-3-9-24/h1-4,6-10,12,14,16,25H,5,11,13,15,17-19H2/t25-,27-/m1/s1. The lowest BCUT2D eigenvalue weighted by Gasteiger charge is -2.39. The third-order valence-corrected chi connectivity index (χ3v) is 6.39. The third-order valence-electron chi connectivity index (χ3n) is 6.39. The summed E-state index contributed by atoms with van der Waals surface area (Å²) >= 11 is 0. The second-order valence-corrected chi connectivity index (χ2v) is 8.92. The van der Waals surface area contributed by atoms with E-state index in [0.717, 1.165) is 36.3 Å². The Bertz CT molecular complexity index is 1120. The number of piperidine rings is 1. The van der Waals surface area contributed by atoms with Gasteiger partial charge in [0.05, 0.1) is 18.8 Å². The molecule has 0 N–H and O–H groups in total. The maximum absolute atomic E-state index is 13.5. The lowest BCUT2D eigenvalue weighted by Crippen LogP contribution is -2.50. The Balaban J connectivity index is 1.25. The molecule has 5 rings (SSSR count). The summed E-state index contributed by atoms with van der Waals surface area (Å²) in [5.41, 5.74) is 1.81. The van der Waals surface area contributed by atoms with Crippen LogP contribution in [0.15, 0.2) is 72.9 Å². The maximum Gasteiger partial charge on any atom is 0.254 e. The van der Waals surface area contributed by atoms with E-state index < -0.39 is 0 Å². The Hall–Kier alpha value is -3.25. The van der Waals surface area contributed by atoms with Crippen molar-refractivity contribution in [2.24, 2.45) is 0 Å². The number of halogens is 1. The molecular formula is C27H27FN2O3. The van der Waals surface area contributed by atoms with Crippen LogP contribution in [-0.2, 0) is 11.2 Å². The van der Waals surface area contributed by atoms with E-state index in [1.807, 2.05) is 47.4 Å². The number of benzene rings is 2. The van der Waals surface area contributed by atoms with Crippen molar-refractivity contribution < 1.29 is 18.7 Å². The summed E-state index contributed by atoms with van der Waals surface area (Å²) in [5.74, 6) is 0.548. The molecule has 1 aromatic heterocycles. The summed E-state index contributed by atoms with van der Waals surface area (Å²) in [7, 11) is 0. The van der Waals surface area contributed by atoms with Gasteiger partial charge in [0.2, 0.25) is 0 Å². The van der Waals surface area contributed by atoms with E-state index in [9.17, 15) is 9.18 Å². The van der Waals surface area contributed by atoms with Crippen molar-refractivity contribution >= 4 is 5.91 Å². The average molecular weight is 447 g/mol. The molecule has 0 radical (unpaired) electrons. The quantitative estimate of drug-likeness (QED) is 0.572. The van der Waals surface area contributed by atoms with Gasteiger partial charge in [0.15, 0.2) is 0 Å². The van der Waals surface area contributed by atoms with Gasteiger partial charge in [-0.3, -0.25) is 9.78 Å². The molecule has 2 aliphatic rings. The fraction of sp³-hybridized carbons (Fsp3) is 0.333. The fourth-order valence-corrected chi connectivity index (χ4v) is 4.87. The fourth-order valence-electron chi connectivity index (χ4n) is 4.87. The molecule has 0 unspecified atom stereocenters. The van der Waals surface area contributed by atoms with E-state index in [1.54, 1.807) is 18.3 Å². The van der Waals surface area contributed by atoms with Gasteiger partial charge in [-0.2, -0.15) is 0 Å². The average Bonchev–Trinajstić information content (AvgIpc) is 3.20. The van der Waals surface area contributed by atoms with Gasteiger partial charge in [0, 0.05) is 36.8 Å². The number of carbonyl (C=O) groups is 1. The van der Waals surface area contributed by atoms with E-state index in [-0.39, 0.29) is 23.4 Å². The number of para-hydroxylation sites is 1. The molecule has 1 spiro atoms. The highest BCUT2D eigenvalue weighted by molar-refractivity contribution is 5.94. The molecule has 2 saturated heterocycles. The van der Waals surface area contributed by atoms with Crippen molar-refractivity contribution in [3.8, 4) is 5.75 Å². The third kappa shape index (κ3) is 5.06. The van der Waals surface area contributed by atoms with Gasteiger partial charge in [-0.15, -0.1) is 0 Å². The molecule has 1 amide bonds. The first kappa shape index (κ1) is 21.6. The van der Waals surface area contributed by atoms with Crippen LogP contribution in [0.5, 0.6) is 5.75 Å². The van der Waals surface area contributed by atoms with Crippen LogP contribution in [0, 0.1) is 5.82 Å². The number of likely N-dealkylation sites (tertiary alicyclic amines) is 1. The van der Waals surface area contributed by atoms with Gasteiger partial charge >= 0.3 is 0 Å². The first-order valence-corrected chi connectivity index (χ1v) is 11.4. The Morgan fingerprint density at radius 3 is 2.88 bits per heavy atom. The molecule has 2 fully saturated rings. The van der Waals surface area contributed by atoms with E-state index in [2.05, 4.69) is 4.98 Å². The van der Waals surface area contributed by atoms with Gasteiger partial charge < -0.3 is 14.4 Å². The summed E-state index contributed by atoms with van der Waals surface area (Å²) in [6.45, 7) is 1.79. The van der Waals surface area contributed by atoms with Gasteiger partial charge in [0.25, 0.3) is 5.91 Å². The first-order valence-electron chi connectivity index (χ1n) is 11.4. The van der Waals surface area contributed by atoms with Crippen molar-refractivity contribution in [3.63, 3.8) is 0 Å². The van der Waals surface area contributed by atoms with E-state index in [4.69, 9.17) is 9.47 Å². The predicted octanol–water partition coefficient (Wildman–Crippen LogP) is 4.65. The molecule has 0 saturated carbocycles. The Kier molecular flexibility index (Phi) is 6.09. The van der Waals surface area contributed by atoms with Crippen molar-refractivity contribution in [2.75, 3.05) is 19.7 Å². The molecule has 3 aromatic rings. The number of hydrogen-bond donors (Lipinski definition) is 0. The molecule has 2 aromatic carbocycles. The highest BCUT2D eigenvalue weighted by Gasteiger charge is 2.45. The van der Waals surface area contributed by atoms with E-state index in [0.29, 0.717) is 31.7 Å². The number of nitrogens with zero attached hydrogens (tertiary/aromatic N) is 2. The summed E-state index contributed by atoms with van der Waals surface area (Å²) in [4.78, 5) is 19.6. The SMILES string of the molecule is O=C(c1ccnc(Cc2cccc(F)c2)c1)N1CCC[C@@]2(C[C@@H](Oc3ccccc3)CO2)C1. The molecule has 0 bridgehead atoms. The molecule has 33 heavy (non-hydrogen) atoms. The topological polar surface area (TPSA) is 51.7 Å². The lowest BCUT2D eigenvalue weighted by molar-refractivity contribution is -0.0453. The molecule has 2 aliphatic heterocycles. The van der Waals surface area contributed by atoms with E-state index in [1.165, 1.54) is 12.1 Å². The van der Waals surface area contributed by atoms with Gasteiger partial charge in [-0.1, -0.05) is 30.3 Å². The zero-order valence-corrected chi connectivity index (χ0v) is 18.5. The van der Waals surface area contributed by atoms with Crippen molar-refractivity contribution in [3.05, 3.63) is 95.6 Å². The largest absolute Gasteiger partial charge is 0.488 e. The minimum Gasteiger partial charge on any atom is -0.488 e. The number of ether oxygens (including phenoxy) is 2. The number of hydrogen-bond acceptors (Lipinski definition) is 4. The van der Waals surface area contributed by atoms with Crippen LogP contribution in [0.1, 0.15) is 40.9 Å². The van der Waals surface area contributed by atoms with Gasteiger partial charge in [-0.25, -0.2) is 4.39 Å². The lowest BCUT2D eigenvalue weighted by atomic mass is 9.89. The number of carbonyl (C=O) groups excluding carboxylic acids is 1. The monoisotopic (exact) mass is 446 g/mol. The summed E-state index contributed by atoms with van der Waals surface area (Å²) in [5, 5.41) is 0. The summed E-state index contributed by atoms with van der Waals surface area (Å²) in [6.07, 6.45) is 4.70. The minimum atomic E-state index is -0.356. The smallest absolute Gasteiger partial charge is 0.254 e. The van der Waals surface area contributed by atoms with Crippen molar-refractivity contribution in [2.45, 2.75) is 37.4 Å². The number of aromatic nitrogens is 1. The molecule has 0 aliphatic carbocycles. The molecule has 5 nitrogen and oxygen atoms in total. The molecular weight excluding hydrogens is 419 g/mol. The van der Waals surface area contributed by atoms with Crippen molar-refractivity contribution in [1.82, 2.24) is 9.88 Å². The maximum atomic E-state index is 13.5. The van der Waals surface area contributed by atoms with Crippen LogP contribution in [0.2, 0.25) is 0 Å². The Morgan fingerprint density at radius 1 is 1.15 bits per heavy atom.